The van der Waals surface area contributed by atoms with Gasteiger partial charge in [0.1, 0.15) is 28.4 Å². The number of aliphatic imine (C=N–C) groups is 1. The van der Waals surface area contributed by atoms with E-state index in [0.717, 1.165) is 40.7 Å². The fourth-order valence-electron chi connectivity index (χ4n) is 11.5. The molecule has 2 aromatic carbocycles. The van der Waals surface area contributed by atoms with Crippen molar-refractivity contribution in [1.29, 1.82) is 0 Å². The third-order valence-electron chi connectivity index (χ3n) is 14.1. The van der Waals surface area contributed by atoms with Gasteiger partial charge in [-0.05, 0) is 109 Å². The highest BCUT2D eigenvalue weighted by atomic mass is 79.9. The van der Waals surface area contributed by atoms with Crippen molar-refractivity contribution in [1.82, 2.24) is 5.32 Å². The van der Waals surface area contributed by atoms with Gasteiger partial charge in [-0.3, -0.25) is 19.4 Å². The largest absolute Gasteiger partial charge is 0.482 e. The summed E-state index contributed by atoms with van der Waals surface area (Å²) in [5.74, 6) is -0.901. The molecule has 1 amide bonds. The van der Waals surface area contributed by atoms with E-state index >= 15 is 4.79 Å². The predicted octanol–water partition coefficient (Wildman–Crippen LogP) is 8.82. The zero-order valence-electron chi connectivity index (χ0n) is 36.3. The van der Waals surface area contributed by atoms with E-state index in [0.29, 0.717) is 58.2 Å². The van der Waals surface area contributed by atoms with Crippen LogP contribution in [-0.4, -0.2) is 69.4 Å². The SMILES string of the molecule is CC(C)=CCCC1(C)C=Cc2c(c(CC=C(C)C)c3c(c2OCBr)C2=C4C(C5CC6C(C)(C)OC(CC=C(C)C(=O)NCCO)(C5=O)C46O3)C3C(=O)c4ccccc4C3=N2)O1. The van der Waals surface area contributed by atoms with E-state index in [9.17, 15) is 14.7 Å². The maximum Gasteiger partial charge on any atom is 0.246 e. The first-order chi connectivity index (χ1) is 29.0. The highest BCUT2D eigenvalue weighted by Gasteiger charge is 2.84. The number of Topliss-reactive ketones (excluding diaryl/α,β-unsaturated/α-hetero) is 2. The molecule has 61 heavy (non-hydrogen) atoms. The Labute approximate surface area is 366 Å². The number of ketones is 2. The van der Waals surface area contributed by atoms with E-state index in [4.69, 9.17) is 23.9 Å². The Balaban J connectivity index is 1.36. The molecule has 0 aromatic heterocycles. The number of carbonyl (C=O) groups is 3. The number of aliphatic hydroxyl groups is 1. The highest BCUT2D eigenvalue weighted by molar-refractivity contribution is 9.09. The summed E-state index contributed by atoms with van der Waals surface area (Å²) in [7, 11) is 0. The minimum Gasteiger partial charge on any atom is -0.482 e. The number of amides is 1. The zero-order chi connectivity index (χ0) is 43.4. The number of alkyl halides is 1. The summed E-state index contributed by atoms with van der Waals surface area (Å²) >= 11 is 3.59. The number of aliphatic hydroxyl groups excluding tert-OH is 1. The van der Waals surface area contributed by atoms with Crippen LogP contribution in [0.2, 0.25) is 0 Å². The van der Waals surface area contributed by atoms with Crippen molar-refractivity contribution in [2.75, 3.05) is 18.7 Å². The second-order valence-corrected chi connectivity index (χ2v) is 19.4. The minimum absolute atomic E-state index is 0.0413. The van der Waals surface area contributed by atoms with E-state index in [-0.39, 0.29) is 48.5 Å². The van der Waals surface area contributed by atoms with Gasteiger partial charge >= 0.3 is 0 Å². The average Bonchev–Trinajstić information content (AvgIpc) is 3.58. The van der Waals surface area contributed by atoms with Crippen LogP contribution < -0.4 is 19.5 Å². The summed E-state index contributed by atoms with van der Waals surface area (Å²) in [6.07, 6.45) is 12.9. The maximum atomic E-state index is 15.8. The Morgan fingerprint density at radius 2 is 1.75 bits per heavy atom. The van der Waals surface area contributed by atoms with Crippen molar-refractivity contribution >= 4 is 50.9 Å². The van der Waals surface area contributed by atoms with Gasteiger partial charge in [0, 0.05) is 58.6 Å². The summed E-state index contributed by atoms with van der Waals surface area (Å²) in [6, 6.07) is 7.62. The molecule has 10 rings (SSSR count). The van der Waals surface area contributed by atoms with Gasteiger partial charge in [-0.15, -0.1) is 0 Å². The van der Waals surface area contributed by atoms with Crippen LogP contribution >= 0.6 is 15.9 Å². The van der Waals surface area contributed by atoms with Crippen LogP contribution in [0.3, 0.4) is 0 Å². The van der Waals surface area contributed by atoms with Crippen molar-refractivity contribution in [3.8, 4) is 17.2 Å². The molecule has 3 saturated carbocycles. The standard InChI is InChI=1S/C50H55BrN2O8/c1-26(2)12-11-19-48(8)20-18-32-42(59-48)31(16-15-27(3)4)44-37(43(32)58-25-51)40-38-35(36-39(53-40)29-13-9-10-14-30(29)41(36)55)33-24-34-47(6,7)61-49(45(33)56,50(34,38)60-44)21-17-28(5)46(57)52-22-23-54/h9-10,12-15,17-18,20,33-36,54H,11,16,19,21-25H2,1-8H3,(H,52,57). The van der Waals surface area contributed by atoms with Gasteiger partial charge in [0.2, 0.25) is 5.91 Å². The molecule has 2 aromatic rings. The number of rotatable bonds is 12. The van der Waals surface area contributed by atoms with E-state index in [1.807, 2.05) is 38.1 Å². The summed E-state index contributed by atoms with van der Waals surface area (Å²) in [5.41, 5.74) is 4.23. The smallest absolute Gasteiger partial charge is 0.246 e. The number of ether oxygens (including phenoxy) is 4. The van der Waals surface area contributed by atoms with E-state index in [2.05, 4.69) is 80.2 Å². The quantitative estimate of drug-likeness (QED) is 0.123. The normalized spacial score (nSPS) is 30.3. The maximum absolute atomic E-state index is 15.8. The van der Waals surface area contributed by atoms with Crippen LogP contribution in [0.1, 0.15) is 114 Å². The number of hydrogen-bond donors (Lipinski definition) is 2. The lowest BCUT2D eigenvalue weighted by molar-refractivity contribution is -0.182. The third kappa shape index (κ3) is 6.00. The second kappa shape index (κ2) is 14.8. The van der Waals surface area contributed by atoms with Gasteiger partial charge in [-0.25, -0.2) is 0 Å². The molecular formula is C50H55BrN2O8. The van der Waals surface area contributed by atoms with Crippen LogP contribution in [0.25, 0.3) is 11.8 Å². The van der Waals surface area contributed by atoms with Gasteiger partial charge in [0.25, 0.3) is 0 Å². The van der Waals surface area contributed by atoms with E-state index in [1.165, 1.54) is 5.57 Å². The molecule has 1 saturated heterocycles. The number of nitrogens with zero attached hydrogens (tertiary/aromatic N) is 1. The van der Waals surface area contributed by atoms with Gasteiger partial charge in [0.05, 0.1) is 40.7 Å². The molecular weight excluding hydrogens is 836 g/mol. The van der Waals surface area contributed by atoms with Crippen LogP contribution in [-0.2, 0) is 20.7 Å². The number of halogens is 1. The number of carbonyl (C=O) groups excluding carboxylic acids is 3. The molecule has 10 nitrogen and oxygen atoms in total. The Morgan fingerprint density at radius 3 is 2.46 bits per heavy atom. The fraction of sp³-hybridized carbons (Fsp3) is 0.480. The Hall–Kier alpha value is -4.58. The predicted molar refractivity (Wildman–Crippen MR) is 238 cm³/mol. The lowest BCUT2D eigenvalue weighted by Gasteiger charge is -2.62. The lowest BCUT2D eigenvalue weighted by Crippen LogP contribution is -2.75. The molecule has 4 aliphatic heterocycles. The molecule has 320 valence electrons. The molecule has 11 heteroatoms. The van der Waals surface area contributed by atoms with Gasteiger partial charge in [-0.1, -0.05) is 53.6 Å². The number of hydrogen-bond acceptors (Lipinski definition) is 9. The molecule has 0 radical (unpaired) electrons. The van der Waals surface area contributed by atoms with Crippen LogP contribution in [0, 0.1) is 23.7 Å². The van der Waals surface area contributed by atoms with Gasteiger partial charge in [0.15, 0.2) is 22.8 Å². The van der Waals surface area contributed by atoms with Crippen molar-refractivity contribution in [3.63, 3.8) is 0 Å². The molecule has 7 unspecified atom stereocenters. The molecule has 4 fully saturated rings. The average molecular weight is 892 g/mol. The molecule has 2 N–H and O–H groups in total. The van der Waals surface area contributed by atoms with Crippen LogP contribution in [0.5, 0.6) is 17.2 Å². The Kier molecular flexibility index (Phi) is 10.1. The third-order valence-corrected chi connectivity index (χ3v) is 14.4. The number of fused-ring (bicyclic) bond motifs is 6. The first-order valence-electron chi connectivity index (χ1n) is 21.6. The number of benzene rings is 2. The van der Waals surface area contributed by atoms with Crippen molar-refractivity contribution in [2.24, 2.45) is 28.7 Å². The monoisotopic (exact) mass is 890 g/mol. The first kappa shape index (κ1) is 41.8. The number of allylic oxidation sites excluding steroid dienone is 4. The zero-order valence-corrected chi connectivity index (χ0v) is 37.9. The van der Waals surface area contributed by atoms with Gasteiger partial charge in [-0.2, -0.15) is 0 Å². The summed E-state index contributed by atoms with van der Waals surface area (Å²) in [4.78, 5) is 49.3. The minimum atomic E-state index is -1.57. The first-order valence-corrected chi connectivity index (χ1v) is 22.7. The Morgan fingerprint density at radius 1 is 1.02 bits per heavy atom. The fourth-order valence-corrected chi connectivity index (χ4v) is 11.8. The second-order valence-electron chi connectivity index (χ2n) is 18.9. The molecule has 4 heterocycles. The molecule has 4 bridgehead atoms. The summed E-state index contributed by atoms with van der Waals surface area (Å²) in [6.45, 7) is 16.1. The van der Waals surface area contributed by atoms with Crippen LogP contribution in [0.15, 0.2) is 75.9 Å². The van der Waals surface area contributed by atoms with Crippen molar-refractivity contribution in [2.45, 2.75) is 110 Å². The topological polar surface area (TPSA) is 133 Å². The van der Waals surface area contributed by atoms with Crippen molar-refractivity contribution in [3.05, 3.63) is 98.7 Å². The number of nitrogens with one attached hydrogen (secondary N) is 1. The summed E-state index contributed by atoms with van der Waals surface area (Å²) in [5, 5.41) is 12.2. The molecule has 7 atom stereocenters. The van der Waals surface area contributed by atoms with Crippen molar-refractivity contribution < 1.29 is 38.4 Å². The molecule has 1 spiro atoms. The molecule has 4 aliphatic carbocycles. The van der Waals surface area contributed by atoms with E-state index in [1.54, 1.807) is 13.0 Å². The Bertz CT molecular complexity index is 2480. The summed E-state index contributed by atoms with van der Waals surface area (Å²) < 4.78 is 28.9. The highest BCUT2D eigenvalue weighted by Crippen LogP contribution is 2.74. The molecule has 8 aliphatic rings. The lowest BCUT2D eigenvalue weighted by atomic mass is 9.43. The van der Waals surface area contributed by atoms with Crippen LogP contribution in [0.4, 0.5) is 0 Å². The van der Waals surface area contributed by atoms with E-state index < -0.39 is 40.2 Å². The van der Waals surface area contributed by atoms with Gasteiger partial charge < -0.3 is 29.4 Å².